The van der Waals surface area contributed by atoms with Gasteiger partial charge in [0.05, 0.1) is 24.2 Å². The fourth-order valence-corrected chi connectivity index (χ4v) is 3.64. The lowest BCUT2D eigenvalue weighted by atomic mass is 9.64. The van der Waals surface area contributed by atoms with E-state index in [1.165, 1.54) is 18.2 Å². The summed E-state index contributed by atoms with van der Waals surface area (Å²) in [5, 5.41) is 12.9. The van der Waals surface area contributed by atoms with Crippen LogP contribution >= 0.6 is 23.2 Å². The Balaban J connectivity index is 2.05. The molecule has 0 unspecified atom stereocenters. The number of benzene rings is 1. The summed E-state index contributed by atoms with van der Waals surface area (Å²) in [7, 11) is -0.142. The molecule has 2 rings (SSSR count). The quantitative estimate of drug-likeness (QED) is 0.400. The topological polar surface area (TPSA) is 128 Å². The molecule has 174 valence electrons. The van der Waals surface area contributed by atoms with Crippen molar-refractivity contribution in [3.63, 3.8) is 0 Å². The number of Topliss-reactive ketones (excluding diaryl/α,β-unsaturated/α-hetero) is 1. The first-order valence-corrected chi connectivity index (χ1v) is 10.7. The van der Waals surface area contributed by atoms with Crippen molar-refractivity contribution in [3.05, 3.63) is 33.8 Å². The summed E-state index contributed by atoms with van der Waals surface area (Å²) in [5.74, 6) is -3.42. The van der Waals surface area contributed by atoms with Gasteiger partial charge in [-0.05, 0) is 30.5 Å². The molecule has 1 aromatic carbocycles. The zero-order chi connectivity index (χ0) is 24.0. The van der Waals surface area contributed by atoms with Gasteiger partial charge in [-0.15, -0.1) is 0 Å². The number of hydrogen-bond acceptors (Lipinski definition) is 8. The molecular formula is C20H24BCl2NO8. The highest BCUT2D eigenvalue weighted by Crippen LogP contribution is 2.30. The third-order valence-electron chi connectivity index (χ3n) is 4.74. The molecule has 1 heterocycles. The molecule has 1 amide bonds. The molecule has 1 aliphatic heterocycles. The minimum atomic E-state index is -1.82. The highest BCUT2D eigenvalue weighted by molar-refractivity contribution is 6.50. The summed E-state index contributed by atoms with van der Waals surface area (Å²) in [4.78, 5) is 48.8. The molecule has 12 heteroatoms. The molecule has 3 atom stereocenters. The van der Waals surface area contributed by atoms with Gasteiger partial charge in [0.2, 0.25) is 0 Å². The van der Waals surface area contributed by atoms with Gasteiger partial charge in [-0.1, -0.05) is 37.0 Å². The zero-order valence-electron chi connectivity index (χ0n) is 17.8. The maximum atomic E-state index is 12.6. The van der Waals surface area contributed by atoms with Crippen LogP contribution in [-0.2, 0) is 28.4 Å². The van der Waals surface area contributed by atoms with Gasteiger partial charge in [0.1, 0.15) is 0 Å². The molecule has 1 aliphatic rings. The van der Waals surface area contributed by atoms with Crippen molar-refractivity contribution < 1.29 is 38.3 Å². The van der Waals surface area contributed by atoms with Gasteiger partial charge >= 0.3 is 19.1 Å². The average molecular weight is 488 g/mol. The lowest BCUT2D eigenvalue weighted by molar-refractivity contribution is -0.174. The Morgan fingerprint density at radius 1 is 1.28 bits per heavy atom. The maximum absolute atomic E-state index is 12.6. The van der Waals surface area contributed by atoms with E-state index in [4.69, 9.17) is 32.5 Å². The van der Waals surface area contributed by atoms with Crippen LogP contribution in [0.1, 0.15) is 37.0 Å². The van der Waals surface area contributed by atoms with Gasteiger partial charge in [0, 0.05) is 17.3 Å². The summed E-state index contributed by atoms with van der Waals surface area (Å²) in [6, 6.07) is 4.39. The largest absolute Gasteiger partial charge is 0.531 e. The molecule has 0 aromatic heterocycles. The van der Waals surface area contributed by atoms with E-state index in [2.05, 4.69) is 10.1 Å². The van der Waals surface area contributed by atoms with E-state index < -0.39 is 43.0 Å². The van der Waals surface area contributed by atoms with E-state index in [-0.39, 0.29) is 35.3 Å². The van der Waals surface area contributed by atoms with Crippen molar-refractivity contribution in [2.24, 2.45) is 5.92 Å². The number of aliphatic hydroxyl groups is 1. The Labute approximate surface area is 195 Å². The van der Waals surface area contributed by atoms with Gasteiger partial charge in [-0.2, -0.15) is 0 Å². The number of methoxy groups -OCH3 is 1. The molecule has 9 nitrogen and oxygen atoms in total. The molecule has 0 saturated carbocycles. The number of carbonyl (C=O) groups is 4. The highest BCUT2D eigenvalue weighted by atomic mass is 35.5. The number of nitrogens with one attached hydrogen (secondary N) is 1. The highest BCUT2D eigenvalue weighted by Gasteiger charge is 2.49. The average Bonchev–Trinajstić information content (AvgIpc) is 2.74. The van der Waals surface area contributed by atoms with Crippen LogP contribution in [0.4, 0.5) is 0 Å². The second-order valence-corrected chi connectivity index (χ2v) is 8.61. The number of carbonyl (C=O) groups excluding carboxylic acids is 4. The Kier molecular flexibility index (Phi) is 9.51. The molecule has 2 N–H and O–H groups in total. The van der Waals surface area contributed by atoms with Crippen molar-refractivity contribution in [1.29, 1.82) is 0 Å². The van der Waals surface area contributed by atoms with E-state index in [1.54, 1.807) is 0 Å². The Morgan fingerprint density at radius 2 is 1.97 bits per heavy atom. The zero-order valence-corrected chi connectivity index (χ0v) is 19.3. The van der Waals surface area contributed by atoms with Crippen LogP contribution in [0.2, 0.25) is 15.9 Å². The van der Waals surface area contributed by atoms with Crippen molar-refractivity contribution in [3.8, 4) is 0 Å². The summed E-state index contributed by atoms with van der Waals surface area (Å²) in [6.07, 6.45) is -3.07. The summed E-state index contributed by atoms with van der Waals surface area (Å²) in [6.45, 7) is 3.50. The lowest BCUT2D eigenvalue weighted by Gasteiger charge is -2.33. The Bertz CT molecular complexity index is 881. The number of halogens is 2. The molecule has 0 aliphatic carbocycles. The molecule has 0 spiro atoms. The standard InChI is InChI=1S/C20H24BCl2NO8/c1-10(2)6-11(21-31-17(20(29)30-3)16(26)19(28)32-21)7-13(25)9-24-18(27)14-8-12(22)4-5-15(14)23/h4-5,8,10-11,16-17,26H,6-7,9H2,1-3H3,(H,24,27)/t11-,16+,17-/m1/s1. The number of esters is 1. The second-order valence-electron chi connectivity index (χ2n) is 7.77. The predicted octanol–water partition coefficient (Wildman–Crippen LogP) is 2.06. The third-order valence-corrected chi connectivity index (χ3v) is 5.31. The summed E-state index contributed by atoms with van der Waals surface area (Å²) in [5.41, 5.74) is 0.130. The molecule has 1 saturated heterocycles. The number of ether oxygens (including phenoxy) is 1. The van der Waals surface area contributed by atoms with Crippen LogP contribution in [0.15, 0.2) is 18.2 Å². The van der Waals surface area contributed by atoms with Crippen LogP contribution < -0.4 is 5.32 Å². The fourth-order valence-electron chi connectivity index (χ4n) is 3.27. The van der Waals surface area contributed by atoms with E-state index in [0.29, 0.717) is 11.4 Å². The SMILES string of the molecule is COC(=O)[C@@H]1OB([C@@H](CC(=O)CNC(=O)c2cc(Cl)ccc2Cl)CC(C)C)OC(=O)[C@H]1O. The van der Waals surface area contributed by atoms with E-state index in [9.17, 15) is 24.3 Å². The van der Waals surface area contributed by atoms with Crippen LogP contribution in [0.3, 0.4) is 0 Å². The van der Waals surface area contributed by atoms with Gasteiger partial charge in [0.25, 0.3) is 5.91 Å². The first kappa shape index (κ1) is 26.1. The molecule has 0 radical (unpaired) electrons. The van der Waals surface area contributed by atoms with Gasteiger partial charge in [-0.25, -0.2) is 4.79 Å². The number of rotatable bonds is 9. The first-order valence-electron chi connectivity index (χ1n) is 9.90. The Morgan fingerprint density at radius 3 is 2.59 bits per heavy atom. The van der Waals surface area contributed by atoms with Gasteiger partial charge in [-0.3, -0.25) is 14.4 Å². The third kappa shape index (κ3) is 6.93. The van der Waals surface area contributed by atoms with Gasteiger partial charge < -0.3 is 24.5 Å². The predicted molar refractivity (Wildman–Crippen MR) is 116 cm³/mol. The number of ketones is 1. The van der Waals surface area contributed by atoms with E-state index >= 15 is 0 Å². The van der Waals surface area contributed by atoms with E-state index in [1.807, 2.05) is 13.8 Å². The fraction of sp³-hybridized carbons (Fsp3) is 0.500. The van der Waals surface area contributed by atoms with Crippen LogP contribution in [0.5, 0.6) is 0 Å². The monoisotopic (exact) mass is 487 g/mol. The smallest absolute Gasteiger partial charge is 0.507 e. The molecule has 0 bridgehead atoms. The van der Waals surface area contributed by atoms with Crippen molar-refractivity contribution in [2.75, 3.05) is 13.7 Å². The normalized spacial score (nSPS) is 19.3. The van der Waals surface area contributed by atoms with Crippen LogP contribution in [0.25, 0.3) is 0 Å². The van der Waals surface area contributed by atoms with Crippen LogP contribution in [-0.4, -0.2) is 61.7 Å². The molecule has 1 aromatic rings. The first-order chi connectivity index (χ1) is 15.0. The summed E-state index contributed by atoms with van der Waals surface area (Å²) < 4.78 is 15.1. The van der Waals surface area contributed by atoms with Crippen LogP contribution in [0, 0.1) is 5.92 Å². The maximum Gasteiger partial charge on any atom is 0.531 e. The minimum absolute atomic E-state index is 0.0957. The number of aliphatic hydroxyl groups excluding tert-OH is 1. The second kappa shape index (κ2) is 11.6. The van der Waals surface area contributed by atoms with Crippen molar-refractivity contribution in [2.45, 2.75) is 44.7 Å². The number of amides is 1. The Hall–Kier alpha value is -2.14. The molecule has 32 heavy (non-hydrogen) atoms. The number of hydrogen-bond donors (Lipinski definition) is 2. The molecule has 1 fully saturated rings. The lowest BCUT2D eigenvalue weighted by Crippen LogP contribution is -2.55. The minimum Gasteiger partial charge on any atom is -0.507 e. The molecular weight excluding hydrogens is 464 g/mol. The summed E-state index contributed by atoms with van der Waals surface area (Å²) >= 11 is 11.9. The van der Waals surface area contributed by atoms with Crippen molar-refractivity contribution in [1.82, 2.24) is 5.32 Å². The van der Waals surface area contributed by atoms with E-state index in [0.717, 1.165) is 7.11 Å². The van der Waals surface area contributed by atoms with Gasteiger partial charge in [0.15, 0.2) is 18.0 Å². The van der Waals surface area contributed by atoms with Crippen molar-refractivity contribution >= 4 is 53.9 Å².